The third-order valence-corrected chi connectivity index (χ3v) is 2.94. The lowest BCUT2D eigenvalue weighted by atomic mass is 10.1. The van der Waals surface area contributed by atoms with Crippen molar-refractivity contribution >= 4 is 5.91 Å². The maximum atomic E-state index is 11.7. The summed E-state index contributed by atoms with van der Waals surface area (Å²) in [5.74, 6) is 0.567. The van der Waals surface area contributed by atoms with E-state index >= 15 is 0 Å². The summed E-state index contributed by atoms with van der Waals surface area (Å²) in [6, 6.07) is 9.71. The van der Waals surface area contributed by atoms with Gasteiger partial charge in [0.15, 0.2) is 0 Å². The third kappa shape index (κ3) is 5.82. The van der Waals surface area contributed by atoms with Gasteiger partial charge in [-0.15, -0.1) is 0 Å². The minimum absolute atomic E-state index is 0.0356. The molecule has 0 saturated heterocycles. The van der Waals surface area contributed by atoms with Gasteiger partial charge < -0.3 is 11.1 Å². The maximum Gasteiger partial charge on any atom is 0.236 e. The molecule has 0 heterocycles. The Kier molecular flexibility index (Phi) is 6.44. The fourth-order valence-electron chi connectivity index (χ4n) is 1.71. The molecule has 1 aromatic rings. The van der Waals surface area contributed by atoms with Crippen molar-refractivity contribution in [3.8, 4) is 0 Å². The van der Waals surface area contributed by atoms with Crippen molar-refractivity contribution in [1.82, 2.24) is 5.32 Å². The smallest absolute Gasteiger partial charge is 0.236 e. The van der Waals surface area contributed by atoms with Crippen LogP contribution >= 0.6 is 0 Å². The second-order valence-corrected chi connectivity index (χ2v) is 5.10. The lowest BCUT2D eigenvalue weighted by Gasteiger charge is -2.13. The summed E-state index contributed by atoms with van der Waals surface area (Å²) in [5.41, 5.74) is 7.09. The van der Waals surface area contributed by atoms with Gasteiger partial charge in [0.1, 0.15) is 0 Å². The van der Waals surface area contributed by atoms with Crippen LogP contribution in [0.5, 0.6) is 0 Å². The molecule has 3 heteroatoms. The first-order valence-corrected chi connectivity index (χ1v) is 6.67. The summed E-state index contributed by atoms with van der Waals surface area (Å²) < 4.78 is 0. The maximum absolute atomic E-state index is 11.7. The first kappa shape index (κ1) is 14.7. The van der Waals surface area contributed by atoms with E-state index in [-0.39, 0.29) is 5.91 Å². The van der Waals surface area contributed by atoms with Crippen LogP contribution in [-0.4, -0.2) is 18.5 Å². The number of benzene rings is 1. The molecule has 0 aliphatic rings. The Balaban J connectivity index is 2.23. The van der Waals surface area contributed by atoms with E-state index in [9.17, 15) is 4.79 Å². The highest BCUT2D eigenvalue weighted by Crippen LogP contribution is 2.04. The fraction of sp³-hybridized carbons (Fsp3) is 0.533. The van der Waals surface area contributed by atoms with Gasteiger partial charge in [-0.25, -0.2) is 0 Å². The average molecular weight is 248 g/mol. The van der Waals surface area contributed by atoms with Crippen LogP contribution in [0.4, 0.5) is 0 Å². The second kappa shape index (κ2) is 7.88. The van der Waals surface area contributed by atoms with Gasteiger partial charge in [-0.2, -0.15) is 0 Å². The largest absolute Gasteiger partial charge is 0.355 e. The molecule has 1 aromatic carbocycles. The molecule has 18 heavy (non-hydrogen) atoms. The summed E-state index contributed by atoms with van der Waals surface area (Å²) >= 11 is 0. The zero-order valence-corrected chi connectivity index (χ0v) is 11.4. The van der Waals surface area contributed by atoms with E-state index in [1.165, 1.54) is 5.56 Å². The highest BCUT2D eigenvalue weighted by atomic mass is 16.2. The van der Waals surface area contributed by atoms with E-state index in [0.29, 0.717) is 12.3 Å². The highest BCUT2D eigenvalue weighted by molar-refractivity contribution is 5.81. The normalized spacial score (nSPS) is 12.4. The van der Waals surface area contributed by atoms with Crippen LogP contribution in [0.1, 0.15) is 32.3 Å². The van der Waals surface area contributed by atoms with Gasteiger partial charge in [-0.05, 0) is 30.7 Å². The Hall–Kier alpha value is -1.35. The van der Waals surface area contributed by atoms with Gasteiger partial charge in [-0.1, -0.05) is 44.2 Å². The number of nitrogens with two attached hydrogens (primary N) is 1. The first-order valence-electron chi connectivity index (χ1n) is 6.67. The van der Waals surface area contributed by atoms with Crippen molar-refractivity contribution in [2.45, 2.75) is 39.2 Å². The van der Waals surface area contributed by atoms with Crippen molar-refractivity contribution in [2.24, 2.45) is 11.7 Å². The molecule has 1 amide bonds. The minimum atomic E-state index is -0.405. The lowest BCUT2D eigenvalue weighted by Crippen LogP contribution is -2.41. The number of carbonyl (C=O) groups is 1. The molecule has 3 nitrogen and oxygen atoms in total. The molecule has 1 rings (SSSR count). The van der Waals surface area contributed by atoms with E-state index in [1.807, 2.05) is 18.2 Å². The average Bonchev–Trinajstić information content (AvgIpc) is 2.36. The van der Waals surface area contributed by atoms with E-state index < -0.39 is 6.04 Å². The molecular weight excluding hydrogens is 224 g/mol. The van der Waals surface area contributed by atoms with E-state index in [2.05, 4.69) is 31.3 Å². The minimum Gasteiger partial charge on any atom is -0.355 e. The van der Waals surface area contributed by atoms with Crippen molar-refractivity contribution in [1.29, 1.82) is 0 Å². The number of aryl methyl sites for hydroxylation is 1. The van der Waals surface area contributed by atoms with Gasteiger partial charge >= 0.3 is 0 Å². The molecule has 0 aliphatic carbocycles. The summed E-state index contributed by atoms with van der Waals surface area (Å²) in [5, 5.41) is 2.89. The van der Waals surface area contributed by atoms with Crippen LogP contribution in [0.15, 0.2) is 30.3 Å². The van der Waals surface area contributed by atoms with Crippen LogP contribution in [-0.2, 0) is 11.2 Å². The molecular formula is C15H24N2O. The summed E-state index contributed by atoms with van der Waals surface area (Å²) in [6.45, 7) is 5.00. The molecule has 0 radical (unpaired) electrons. The number of rotatable bonds is 7. The Bertz CT molecular complexity index is 349. The molecule has 0 fully saturated rings. The lowest BCUT2D eigenvalue weighted by molar-refractivity contribution is -0.122. The van der Waals surface area contributed by atoms with E-state index in [1.54, 1.807) is 0 Å². The Labute approximate surface area is 110 Å². The molecule has 1 unspecified atom stereocenters. The van der Waals surface area contributed by atoms with Gasteiger partial charge in [0.25, 0.3) is 0 Å². The van der Waals surface area contributed by atoms with Crippen LogP contribution in [0.3, 0.4) is 0 Å². The zero-order valence-electron chi connectivity index (χ0n) is 11.4. The quantitative estimate of drug-likeness (QED) is 0.776. The Morgan fingerprint density at radius 2 is 1.89 bits per heavy atom. The number of hydrogen-bond donors (Lipinski definition) is 2. The van der Waals surface area contributed by atoms with Gasteiger partial charge in [0, 0.05) is 6.54 Å². The number of hydrogen-bond acceptors (Lipinski definition) is 2. The zero-order chi connectivity index (χ0) is 13.4. The molecule has 1 atom stereocenters. The number of carbonyl (C=O) groups excluding carboxylic acids is 1. The van der Waals surface area contributed by atoms with Crippen LogP contribution in [0.25, 0.3) is 0 Å². The van der Waals surface area contributed by atoms with Crippen molar-refractivity contribution in [3.63, 3.8) is 0 Å². The molecule has 0 aliphatic heterocycles. The Morgan fingerprint density at radius 1 is 1.22 bits per heavy atom. The molecule has 3 N–H and O–H groups in total. The summed E-state index contributed by atoms with van der Waals surface area (Å²) in [6.07, 6.45) is 2.54. The van der Waals surface area contributed by atoms with Crippen molar-refractivity contribution in [2.75, 3.05) is 6.54 Å². The SMILES string of the molecule is CC(C)CCNC(=O)C(N)CCc1ccccc1. The third-order valence-electron chi connectivity index (χ3n) is 2.94. The van der Waals surface area contributed by atoms with Crippen molar-refractivity contribution in [3.05, 3.63) is 35.9 Å². The molecule has 0 aromatic heterocycles. The molecule has 100 valence electrons. The fourth-order valence-corrected chi connectivity index (χ4v) is 1.71. The topological polar surface area (TPSA) is 55.1 Å². The van der Waals surface area contributed by atoms with Crippen LogP contribution in [0, 0.1) is 5.92 Å². The van der Waals surface area contributed by atoms with E-state index in [4.69, 9.17) is 5.73 Å². The number of nitrogens with one attached hydrogen (secondary N) is 1. The van der Waals surface area contributed by atoms with Gasteiger partial charge in [-0.3, -0.25) is 4.79 Å². The highest BCUT2D eigenvalue weighted by Gasteiger charge is 2.12. The summed E-state index contributed by atoms with van der Waals surface area (Å²) in [7, 11) is 0. The second-order valence-electron chi connectivity index (χ2n) is 5.10. The predicted molar refractivity (Wildman–Crippen MR) is 75.2 cm³/mol. The van der Waals surface area contributed by atoms with Gasteiger partial charge in [0.05, 0.1) is 6.04 Å². The molecule has 0 saturated carbocycles. The van der Waals surface area contributed by atoms with Gasteiger partial charge in [0.2, 0.25) is 5.91 Å². The first-order chi connectivity index (χ1) is 8.59. The monoisotopic (exact) mass is 248 g/mol. The van der Waals surface area contributed by atoms with E-state index in [0.717, 1.165) is 19.4 Å². The standard InChI is InChI=1S/C15H24N2O/c1-12(2)10-11-17-15(18)14(16)9-8-13-6-4-3-5-7-13/h3-7,12,14H,8-11,16H2,1-2H3,(H,17,18). The summed E-state index contributed by atoms with van der Waals surface area (Å²) in [4.78, 5) is 11.7. The Morgan fingerprint density at radius 3 is 2.50 bits per heavy atom. The number of amides is 1. The van der Waals surface area contributed by atoms with Crippen molar-refractivity contribution < 1.29 is 4.79 Å². The van der Waals surface area contributed by atoms with Crippen LogP contribution in [0.2, 0.25) is 0 Å². The predicted octanol–water partition coefficient (Wildman–Crippen LogP) is 2.11. The van der Waals surface area contributed by atoms with Crippen LogP contribution < -0.4 is 11.1 Å². The molecule has 0 spiro atoms. The molecule has 0 bridgehead atoms.